The Bertz CT molecular complexity index is 504. The molecule has 0 amide bonds. The predicted molar refractivity (Wildman–Crippen MR) is 60.7 cm³/mol. The second-order valence-corrected chi connectivity index (χ2v) is 4.20. The fourth-order valence-electron chi connectivity index (χ4n) is 1.17. The number of rotatable bonds is 3. The van der Waals surface area contributed by atoms with Gasteiger partial charge < -0.3 is 0 Å². The van der Waals surface area contributed by atoms with Crippen LogP contribution in [0.1, 0.15) is 0 Å². The molecule has 1 aromatic carbocycles. The summed E-state index contributed by atoms with van der Waals surface area (Å²) in [6.07, 6.45) is 1.57. The van der Waals surface area contributed by atoms with Crippen molar-refractivity contribution in [3.8, 4) is 0 Å². The monoisotopic (exact) mass is 236 g/mol. The molecule has 1 atom stereocenters. The lowest BCUT2D eigenvalue weighted by Crippen LogP contribution is -2.07. The van der Waals surface area contributed by atoms with Crippen LogP contribution in [0.5, 0.6) is 0 Å². The molecule has 0 aliphatic heterocycles. The Morgan fingerprint density at radius 2 is 1.88 bits per heavy atom. The van der Waals surface area contributed by atoms with E-state index in [9.17, 15) is 8.60 Å². The van der Waals surface area contributed by atoms with Gasteiger partial charge in [0, 0.05) is 6.20 Å². The highest BCUT2D eigenvalue weighted by molar-refractivity contribution is 7.86. The van der Waals surface area contributed by atoms with Crippen molar-refractivity contribution >= 4 is 16.8 Å². The third kappa shape index (κ3) is 2.43. The number of hydrogen-bond acceptors (Lipinski definition) is 2. The molecule has 0 fully saturated rings. The summed E-state index contributed by atoms with van der Waals surface area (Å²) in [6.45, 7) is 0. The summed E-state index contributed by atoms with van der Waals surface area (Å²) in [5.41, 5.74) is 0. The molecule has 1 N–H and O–H groups in total. The second kappa shape index (κ2) is 4.85. The third-order valence-corrected chi connectivity index (χ3v) is 3.02. The molecule has 0 saturated carbocycles. The van der Waals surface area contributed by atoms with Gasteiger partial charge in [0.05, 0.1) is 4.90 Å². The van der Waals surface area contributed by atoms with E-state index in [0.717, 1.165) is 0 Å². The molecular formula is C11H9FN2OS. The lowest BCUT2D eigenvalue weighted by atomic mass is 10.4. The van der Waals surface area contributed by atoms with Crippen LogP contribution < -0.4 is 4.72 Å². The highest BCUT2D eigenvalue weighted by atomic mass is 32.2. The fourth-order valence-corrected chi connectivity index (χ4v) is 2.04. The number of nitrogens with one attached hydrogen (secondary N) is 1. The van der Waals surface area contributed by atoms with Gasteiger partial charge in [-0.15, -0.1) is 0 Å². The standard InChI is InChI=1S/C11H9FN2OS/c12-9-5-1-2-6-10(9)16(15)14-11-7-3-4-8-13-11/h1-8H,(H,13,14). The SMILES string of the molecule is O=S(Nc1ccccn1)c1ccccc1F. The number of pyridine rings is 1. The van der Waals surface area contributed by atoms with Crippen LogP contribution in [-0.2, 0) is 11.0 Å². The Kier molecular flexibility index (Phi) is 3.26. The van der Waals surface area contributed by atoms with Crippen molar-refractivity contribution in [2.75, 3.05) is 4.72 Å². The minimum absolute atomic E-state index is 0.119. The van der Waals surface area contributed by atoms with Crippen molar-refractivity contribution in [3.63, 3.8) is 0 Å². The maximum Gasteiger partial charge on any atom is 0.154 e. The van der Waals surface area contributed by atoms with Gasteiger partial charge in [0.25, 0.3) is 0 Å². The maximum absolute atomic E-state index is 13.3. The van der Waals surface area contributed by atoms with Gasteiger partial charge in [-0.05, 0) is 24.3 Å². The molecule has 1 aromatic heterocycles. The van der Waals surface area contributed by atoms with Gasteiger partial charge in [-0.3, -0.25) is 4.72 Å². The lowest BCUT2D eigenvalue weighted by molar-refractivity contribution is 0.596. The van der Waals surface area contributed by atoms with E-state index >= 15 is 0 Å². The Labute approximate surface area is 94.9 Å². The molecule has 0 saturated heterocycles. The van der Waals surface area contributed by atoms with Crippen LogP contribution >= 0.6 is 0 Å². The van der Waals surface area contributed by atoms with E-state index in [1.807, 2.05) is 0 Å². The summed E-state index contributed by atoms with van der Waals surface area (Å²) in [6, 6.07) is 11.1. The van der Waals surface area contributed by atoms with E-state index in [4.69, 9.17) is 0 Å². The van der Waals surface area contributed by atoms with Crippen molar-refractivity contribution < 1.29 is 8.60 Å². The van der Waals surface area contributed by atoms with E-state index in [1.54, 1.807) is 36.5 Å². The molecule has 2 rings (SSSR count). The molecule has 0 bridgehead atoms. The molecule has 2 aromatic rings. The van der Waals surface area contributed by atoms with Crippen molar-refractivity contribution in [1.29, 1.82) is 0 Å². The number of hydrogen-bond donors (Lipinski definition) is 1. The van der Waals surface area contributed by atoms with Crippen molar-refractivity contribution in [3.05, 3.63) is 54.5 Å². The minimum Gasteiger partial charge on any atom is -0.285 e. The molecule has 5 heteroatoms. The first-order valence-corrected chi connectivity index (χ1v) is 5.76. The fraction of sp³-hybridized carbons (Fsp3) is 0. The van der Waals surface area contributed by atoms with E-state index in [-0.39, 0.29) is 4.90 Å². The molecule has 0 aliphatic carbocycles. The van der Waals surface area contributed by atoms with E-state index < -0.39 is 16.8 Å². The zero-order valence-electron chi connectivity index (χ0n) is 8.26. The van der Waals surface area contributed by atoms with Gasteiger partial charge in [0.15, 0.2) is 11.0 Å². The first-order valence-electron chi connectivity index (χ1n) is 4.61. The maximum atomic E-state index is 13.3. The summed E-state index contributed by atoms with van der Waals surface area (Å²) in [5, 5.41) is 0. The topological polar surface area (TPSA) is 42.0 Å². The molecule has 16 heavy (non-hydrogen) atoms. The number of aromatic nitrogens is 1. The highest BCUT2D eigenvalue weighted by Gasteiger charge is 2.09. The number of anilines is 1. The number of nitrogens with zero attached hydrogens (tertiary/aromatic N) is 1. The first-order chi connectivity index (χ1) is 7.77. The van der Waals surface area contributed by atoms with Gasteiger partial charge in [-0.2, -0.15) is 0 Å². The minimum atomic E-state index is -1.63. The third-order valence-electron chi connectivity index (χ3n) is 1.90. The van der Waals surface area contributed by atoms with Gasteiger partial charge >= 0.3 is 0 Å². The average molecular weight is 236 g/mol. The van der Waals surface area contributed by atoms with E-state index in [0.29, 0.717) is 5.82 Å². The summed E-state index contributed by atoms with van der Waals surface area (Å²) >= 11 is 0. The molecule has 82 valence electrons. The van der Waals surface area contributed by atoms with Crippen molar-refractivity contribution in [2.45, 2.75) is 4.90 Å². The largest absolute Gasteiger partial charge is 0.285 e. The Morgan fingerprint density at radius 3 is 2.56 bits per heavy atom. The van der Waals surface area contributed by atoms with Crippen LogP contribution in [0.15, 0.2) is 53.6 Å². The van der Waals surface area contributed by atoms with Crippen LogP contribution in [-0.4, -0.2) is 9.19 Å². The van der Waals surface area contributed by atoms with Crippen LogP contribution in [0.4, 0.5) is 10.2 Å². The van der Waals surface area contributed by atoms with Crippen LogP contribution in [0, 0.1) is 5.82 Å². The Balaban J connectivity index is 2.19. The normalized spacial score (nSPS) is 12.1. The average Bonchev–Trinajstić information content (AvgIpc) is 2.31. The molecule has 0 aliphatic rings. The van der Waals surface area contributed by atoms with Crippen LogP contribution in [0.2, 0.25) is 0 Å². The molecule has 0 spiro atoms. The Morgan fingerprint density at radius 1 is 1.12 bits per heavy atom. The van der Waals surface area contributed by atoms with Gasteiger partial charge in [0.1, 0.15) is 11.6 Å². The van der Waals surface area contributed by atoms with Gasteiger partial charge in [-0.1, -0.05) is 18.2 Å². The molecule has 0 radical (unpaired) electrons. The summed E-state index contributed by atoms with van der Waals surface area (Å²) in [7, 11) is -1.63. The molecule has 1 unspecified atom stereocenters. The predicted octanol–water partition coefficient (Wildman–Crippen LogP) is 2.36. The zero-order chi connectivity index (χ0) is 11.4. The van der Waals surface area contributed by atoms with Crippen molar-refractivity contribution in [1.82, 2.24) is 4.98 Å². The number of halogens is 1. The molecule has 3 nitrogen and oxygen atoms in total. The summed E-state index contributed by atoms with van der Waals surface area (Å²) in [4.78, 5) is 4.07. The van der Waals surface area contributed by atoms with Crippen LogP contribution in [0.25, 0.3) is 0 Å². The smallest absolute Gasteiger partial charge is 0.154 e. The zero-order valence-corrected chi connectivity index (χ0v) is 9.08. The van der Waals surface area contributed by atoms with Crippen molar-refractivity contribution in [2.24, 2.45) is 0 Å². The summed E-state index contributed by atoms with van der Waals surface area (Å²) < 4.78 is 27.7. The van der Waals surface area contributed by atoms with Gasteiger partial charge in [0.2, 0.25) is 0 Å². The highest BCUT2D eigenvalue weighted by Crippen LogP contribution is 2.13. The van der Waals surface area contributed by atoms with Gasteiger partial charge in [-0.25, -0.2) is 13.6 Å². The van der Waals surface area contributed by atoms with Crippen LogP contribution in [0.3, 0.4) is 0 Å². The van der Waals surface area contributed by atoms with E-state index in [2.05, 4.69) is 9.71 Å². The number of benzene rings is 1. The Hall–Kier alpha value is -1.75. The lowest BCUT2D eigenvalue weighted by Gasteiger charge is -2.05. The molecular weight excluding hydrogens is 227 g/mol. The second-order valence-electron chi connectivity index (χ2n) is 3.02. The first kappa shape index (κ1) is 10.8. The quantitative estimate of drug-likeness (QED) is 0.888. The summed E-state index contributed by atoms with van der Waals surface area (Å²) in [5.74, 6) is -0.0478. The molecule has 1 heterocycles. The van der Waals surface area contributed by atoms with E-state index in [1.165, 1.54) is 12.1 Å².